The number of nitrogens with zero attached hydrogens (tertiary/aromatic N) is 2. The zero-order valence-electron chi connectivity index (χ0n) is 27.8. The van der Waals surface area contributed by atoms with Crippen LogP contribution in [0.25, 0.3) is 0 Å². The Balaban J connectivity index is 1.12. The van der Waals surface area contributed by atoms with Crippen LogP contribution in [-0.4, -0.2) is 69.9 Å². The van der Waals surface area contributed by atoms with Gasteiger partial charge in [0.05, 0.1) is 10.8 Å². The van der Waals surface area contributed by atoms with Crippen LogP contribution in [0.3, 0.4) is 0 Å². The van der Waals surface area contributed by atoms with E-state index in [1.54, 1.807) is 21.9 Å². The normalized spacial score (nSPS) is 32.1. The Hall–Kier alpha value is -5.06. The Morgan fingerprint density at radius 3 is 1.35 bits per heavy atom. The molecular formula is C40H34Cl2N6O4. The number of carbonyl (C=O) groups excluding carboxylic acids is 4. The van der Waals surface area contributed by atoms with Gasteiger partial charge in [-0.1, -0.05) is 96.0 Å². The van der Waals surface area contributed by atoms with Crippen molar-refractivity contribution in [3.05, 3.63) is 129 Å². The Labute approximate surface area is 309 Å². The molecule has 6 heterocycles. The first-order valence-electron chi connectivity index (χ1n) is 17.7. The van der Waals surface area contributed by atoms with E-state index in [9.17, 15) is 19.2 Å². The smallest absolute Gasteiger partial charge is 0.247 e. The van der Waals surface area contributed by atoms with Crippen molar-refractivity contribution in [1.29, 1.82) is 0 Å². The van der Waals surface area contributed by atoms with Gasteiger partial charge < -0.3 is 31.1 Å². The second-order valence-corrected chi connectivity index (χ2v) is 15.6. The minimum Gasteiger partial charge on any atom is -0.364 e. The molecular weight excluding hydrogens is 699 g/mol. The summed E-state index contributed by atoms with van der Waals surface area (Å²) in [5.74, 6) is -0.871. The van der Waals surface area contributed by atoms with E-state index >= 15 is 0 Å². The molecule has 0 saturated carbocycles. The van der Waals surface area contributed by atoms with E-state index in [1.165, 1.54) is 0 Å². The third-order valence-electron chi connectivity index (χ3n) is 12.5. The summed E-state index contributed by atoms with van der Waals surface area (Å²) in [6.45, 7) is 0. The number of rotatable bonds is 5. The van der Waals surface area contributed by atoms with Gasteiger partial charge in [0.2, 0.25) is 23.6 Å². The van der Waals surface area contributed by atoms with Gasteiger partial charge in [-0.25, -0.2) is 0 Å². The van der Waals surface area contributed by atoms with Crippen molar-refractivity contribution in [2.45, 2.75) is 73.0 Å². The van der Waals surface area contributed by atoms with Crippen molar-refractivity contribution in [1.82, 2.24) is 20.4 Å². The topological polar surface area (TPSA) is 123 Å². The Morgan fingerprint density at radius 1 is 0.538 bits per heavy atom. The molecule has 4 aromatic carbocycles. The van der Waals surface area contributed by atoms with Gasteiger partial charge in [0.1, 0.15) is 36.5 Å². The number of anilines is 2. The molecule has 4 saturated heterocycles. The van der Waals surface area contributed by atoms with E-state index in [0.29, 0.717) is 22.9 Å². The maximum atomic E-state index is 14.7. The molecule has 8 atom stereocenters. The second kappa shape index (κ2) is 11.2. The van der Waals surface area contributed by atoms with Gasteiger partial charge in [-0.05, 0) is 59.4 Å². The van der Waals surface area contributed by atoms with Crippen LogP contribution in [0.4, 0.5) is 11.4 Å². The molecule has 2 unspecified atom stereocenters. The molecule has 0 radical (unpaired) electrons. The predicted octanol–water partition coefficient (Wildman–Crippen LogP) is 4.36. The van der Waals surface area contributed by atoms with Crippen LogP contribution >= 0.6 is 23.2 Å². The number of piperazine rings is 2. The van der Waals surface area contributed by atoms with Crippen molar-refractivity contribution < 1.29 is 19.2 Å². The third-order valence-corrected chi connectivity index (χ3v) is 13.2. The lowest BCUT2D eigenvalue weighted by atomic mass is 9.54. The molecule has 262 valence electrons. The van der Waals surface area contributed by atoms with Crippen molar-refractivity contribution >= 4 is 58.2 Å². The Morgan fingerprint density at radius 2 is 0.923 bits per heavy atom. The maximum Gasteiger partial charge on any atom is 0.247 e. The Bertz CT molecular complexity index is 2080. The molecule has 4 fully saturated rings. The average Bonchev–Trinajstić information content (AvgIpc) is 3.86. The zero-order valence-corrected chi connectivity index (χ0v) is 29.3. The van der Waals surface area contributed by atoms with E-state index in [1.807, 2.05) is 72.8 Å². The van der Waals surface area contributed by atoms with Gasteiger partial charge in [0.15, 0.2) is 0 Å². The molecule has 4 N–H and O–H groups in total. The molecule has 0 spiro atoms. The maximum absolute atomic E-state index is 14.7. The van der Waals surface area contributed by atoms with Crippen LogP contribution in [0.1, 0.15) is 35.1 Å². The number of fused-ring (bicyclic) bond motifs is 11. The fourth-order valence-electron chi connectivity index (χ4n) is 10.5. The predicted molar refractivity (Wildman–Crippen MR) is 196 cm³/mol. The van der Waals surface area contributed by atoms with Crippen LogP contribution in [0.5, 0.6) is 0 Å². The van der Waals surface area contributed by atoms with Crippen LogP contribution in [0, 0.1) is 0 Å². The molecule has 52 heavy (non-hydrogen) atoms. The van der Waals surface area contributed by atoms with Crippen LogP contribution in [-0.2, 0) is 42.8 Å². The number of amides is 4. The minimum atomic E-state index is -0.916. The molecule has 12 heteroatoms. The van der Waals surface area contributed by atoms with Gasteiger partial charge in [-0.3, -0.25) is 19.2 Å². The number of carbonyl (C=O) groups is 4. The first kappa shape index (κ1) is 31.7. The fourth-order valence-corrected chi connectivity index (χ4v) is 10.9. The molecule has 0 aromatic heterocycles. The molecule has 4 amide bonds. The average molecular weight is 734 g/mol. The van der Waals surface area contributed by atoms with Gasteiger partial charge >= 0.3 is 0 Å². The summed E-state index contributed by atoms with van der Waals surface area (Å²) < 4.78 is 0. The van der Waals surface area contributed by atoms with Crippen LogP contribution in [0.15, 0.2) is 97.1 Å². The van der Waals surface area contributed by atoms with Crippen molar-refractivity contribution in [3.63, 3.8) is 0 Å². The number of hydrogen-bond donors (Lipinski definition) is 4. The van der Waals surface area contributed by atoms with E-state index in [2.05, 4.69) is 33.4 Å². The number of halogens is 2. The van der Waals surface area contributed by atoms with Crippen molar-refractivity contribution in [2.75, 3.05) is 10.6 Å². The summed E-state index contributed by atoms with van der Waals surface area (Å²) in [6, 6.07) is 27.5. The molecule has 10 nitrogen and oxygen atoms in total. The zero-order chi connectivity index (χ0) is 35.5. The molecule has 0 bridgehead atoms. The third kappa shape index (κ3) is 4.07. The quantitative estimate of drug-likeness (QED) is 0.242. The molecule has 0 aliphatic carbocycles. The van der Waals surface area contributed by atoms with E-state index in [0.717, 1.165) is 33.6 Å². The lowest BCUT2D eigenvalue weighted by molar-refractivity contribution is -0.149. The first-order valence-corrected chi connectivity index (χ1v) is 18.4. The second-order valence-electron chi connectivity index (χ2n) is 14.8. The van der Waals surface area contributed by atoms with Gasteiger partial charge in [0.25, 0.3) is 0 Å². The first-order chi connectivity index (χ1) is 25.2. The van der Waals surface area contributed by atoms with Crippen LogP contribution in [0.2, 0.25) is 10.0 Å². The number of para-hydroxylation sites is 2. The number of nitrogens with one attached hydrogen (secondary N) is 4. The SMILES string of the molecule is O=C1N[C@@H](Cc2ccccc2Cl)C(=O)N2[C@H]3Nc4ccccc4C3(C34C[C@H]5C(=O)N[C@@H](Cc6ccccc6Cl)C(=O)N5[C@H]3Nc3ccccc34)C[C@@H]12. The monoisotopic (exact) mass is 732 g/mol. The van der Waals surface area contributed by atoms with Gasteiger partial charge in [-0.15, -0.1) is 0 Å². The highest BCUT2D eigenvalue weighted by Gasteiger charge is 2.78. The summed E-state index contributed by atoms with van der Waals surface area (Å²) in [6.07, 6.45) is -0.202. The summed E-state index contributed by atoms with van der Waals surface area (Å²) in [5.41, 5.74) is 3.35. The molecule has 6 aliphatic rings. The van der Waals surface area contributed by atoms with E-state index in [-0.39, 0.29) is 36.5 Å². The van der Waals surface area contributed by atoms with E-state index in [4.69, 9.17) is 23.2 Å². The molecule has 10 rings (SSSR count). The number of benzene rings is 4. The lowest BCUT2D eigenvalue weighted by Crippen LogP contribution is -2.67. The highest BCUT2D eigenvalue weighted by Crippen LogP contribution is 2.68. The molecule has 6 aliphatic heterocycles. The number of hydrogen-bond acceptors (Lipinski definition) is 6. The van der Waals surface area contributed by atoms with Crippen molar-refractivity contribution in [3.8, 4) is 0 Å². The lowest BCUT2D eigenvalue weighted by Gasteiger charge is -2.48. The van der Waals surface area contributed by atoms with Gasteiger partial charge in [0, 0.05) is 34.3 Å². The summed E-state index contributed by atoms with van der Waals surface area (Å²) >= 11 is 13.0. The minimum absolute atomic E-state index is 0.201. The van der Waals surface area contributed by atoms with Gasteiger partial charge in [-0.2, -0.15) is 0 Å². The summed E-state index contributed by atoms with van der Waals surface area (Å²) in [5, 5.41) is 14.5. The van der Waals surface area contributed by atoms with E-state index < -0.39 is 47.3 Å². The van der Waals surface area contributed by atoms with Crippen molar-refractivity contribution in [2.24, 2.45) is 0 Å². The highest BCUT2D eigenvalue weighted by molar-refractivity contribution is 6.31. The molecule has 4 aromatic rings. The summed E-state index contributed by atoms with van der Waals surface area (Å²) in [4.78, 5) is 61.4. The fraction of sp³-hybridized carbons (Fsp3) is 0.300. The summed E-state index contributed by atoms with van der Waals surface area (Å²) in [7, 11) is 0. The largest absolute Gasteiger partial charge is 0.364 e. The Kier molecular flexibility index (Phi) is 6.83. The highest BCUT2D eigenvalue weighted by atomic mass is 35.5. The standard InChI is InChI=1S/C40H34Cl2N6O4/c41-25-13-5-1-9-21(25)17-29-35(51)47-31(33(49)43-29)19-39(23-11-3-7-15-27(23)45-37(39)47)40-20-32-34(50)44-30(18-22-10-2-6-14-26(22)42)36(52)48(32)38(40)46-28-16-8-4-12-24(28)40/h1-16,29-32,37-38,45-46H,17-20H2,(H,43,49)(H,44,50)/t29-,30-,31-,32-,37+,38+,39?,40?/m0/s1. The van der Waals surface area contributed by atoms with Crippen LogP contribution < -0.4 is 21.3 Å².